The third kappa shape index (κ3) is 2.57. The molecule has 0 fully saturated rings. The number of nitrogens with zero attached hydrogens (tertiary/aromatic N) is 2. The maximum atomic E-state index is 13.1. The van der Waals surface area contributed by atoms with Gasteiger partial charge in [0.15, 0.2) is 0 Å². The summed E-state index contributed by atoms with van der Waals surface area (Å²) in [4.78, 5) is 0. The van der Waals surface area contributed by atoms with Gasteiger partial charge in [0, 0.05) is 0 Å². The summed E-state index contributed by atoms with van der Waals surface area (Å²) in [7, 11) is 0. The molecule has 0 saturated carbocycles. The molecule has 0 bridgehead atoms. The van der Waals surface area contributed by atoms with Gasteiger partial charge >= 0.3 is 127 Å². The van der Waals surface area contributed by atoms with Crippen LogP contribution >= 0.6 is 11.6 Å². The van der Waals surface area contributed by atoms with E-state index >= 15 is 0 Å². The maximum absolute atomic E-state index is 13.1. The van der Waals surface area contributed by atoms with E-state index in [1.54, 1.807) is 6.07 Å². The minimum atomic E-state index is -0.331. The molecule has 3 rings (SSSR count). The van der Waals surface area contributed by atoms with Gasteiger partial charge in [-0.1, -0.05) is 0 Å². The van der Waals surface area contributed by atoms with E-state index in [-0.39, 0.29) is 26.8 Å². The van der Waals surface area contributed by atoms with Crippen LogP contribution in [-0.4, -0.2) is 22.9 Å². The average molecular weight is 355 g/mol. The molecule has 6 heteroatoms. The molecule has 3 aromatic rings. The summed E-state index contributed by atoms with van der Waals surface area (Å²) in [6.07, 6.45) is 0. The molecule has 1 N–H and O–H groups in total. The molecule has 1 heterocycles. The third-order valence-corrected chi connectivity index (χ3v) is 4.55. The van der Waals surface area contributed by atoms with Gasteiger partial charge in [-0.25, -0.2) is 0 Å². The molecule has 0 amide bonds. The van der Waals surface area contributed by atoms with Crippen molar-refractivity contribution in [3.63, 3.8) is 0 Å². The molecular formula is C14H11ClFN3Se. The van der Waals surface area contributed by atoms with Crippen LogP contribution in [0.4, 0.5) is 10.1 Å². The van der Waals surface area contributed by atoms with Gasteiger partial charge in [-0.05, 0) is 0 Å². The van der Waals surface area contributed by atoms with Crippen molar-refractivity contribution in [3.05, 3.63) is 52.8 Å². The summed E-state index contributed by atoms with van der Waals surface area (Å²) in [6.45, 7) is 1.98. The van der Waals surface area contributed by atoms with E-state index in [9.17, 15) is 4.39 Å². The van der Waals surface area contributed by atoms with Gasteiger partial charge in [0.25, 0.3) is 0 Å². The molecule has 3 nitrogen and oxygen atoms in total. The van der Waals surface area contributed by atoms with Crippen molar-refractivity contribution in [1.82, 2.24) is 7.96 Å². The van der Waals surface area contributed by atoms with Crippen molar-refractivity contribution in [2.45, 2.75) is 13.0 Å². The Labute approximate surface area is 127 Å². The number of aromatic nitrogens is 2. The van der Waals surface area contributed by atoms with Crippen LogP contribution in [0.3, 0.4) is 0 Å². The fourth-order valence-electron chi connectivity index (χ4n) is 2.09. The minimum absolute atomic E-state index is 0.0436. The van der Waals surface area contributed by atoms with Crippen LogP contribution < -0.4 is 5.32 Å². The van der Waals surface area contributed by atoms with Gasteiger partial charge in [0.2, 0.25) is 0 Å². The first-order chi connectivity index (χ1) is 9.65. The Morgan fingerprint density at radius 1 is 1.25 bits per heavy atom. The predicted octanol–water partition coefficient (Wildman–Crippen LogP) is 3.65. The van der Waals surface area contributed by atoms with Gasteiger partial charge in [0.1, 0.15) is 0 Å². The molecule has 2 aromatic carbocycles. The second-order valence-corrected chi connectivity index (χ2v) is 5.99. The van der Waals surface area contributed by atoms with Gasteiger partial charge < -0.3 is 0 Å². The summed E-state index contributed by atoms with van der Waals surface area (Å²) >= 11 is 6.03. The molecule has 0 aliphatic heterocycles. The fraction of sp³-hybridized carbons (Fsp3) is 0.143. The van der Waals surface area contributed by atoms with Crippen molar-refractivity contribution < 1.29 is 4.39 Å². The van der Waals surface area contributed by atoms with Crippen LogP contribution in [0.25, 0.3) is 11.0 Å². The van der Waals surface area contributed by atoms with Crippen molar-refractivity contribution >= 4 is 43.3 Å². The first kappa shape index (κ1) is 13.6. The van der Waals surface area contributed by atoms with Gasteiger partial charge in [-0.15, -0.1) is 0 Å². The number of anilines is 1. The second-order valence-electron chi connectivity index (χ2n) is 4.47. The molecule has 1 atom stereocenters. The molecule has 0 radical (unpaired) electrons. The van der Waals surface area contributed by atoms with Gasteiger partial charge in [0.05, 0.1) is 0 Å². The Morgan fingerprint density at radius 3 is 2.90 bits per heavy atom. The zero-order chi connectivity index (χ0) is 14.1. The Hall–Kier alpha value is -1.42. The number of rotatable bonds is 3. The van der Waals surface area contributed by atoms with E-state index in [4.69, 9.17) is 11.6 Å². The molecule has 20 heavy (non-hydrogen) atoms. The van der Waals surface area contributed by atoms with Crippen LogP contribution in [0.15, 0.2) is 36.4 Å². The molecule has 0 spiro atoms. The molecule has 1 aromatic heterocycles. The van der Waals surface area contributed by atoms with Crippen LogP contribution in [0.1, 0.15) is 18.5 Å². The molecule has 1 unspecified atom stereocenters. The van der Waals surface area contributed by atoms with Crippen LogP contribution in [0.5, 0.6) is 0 Å². The third-order valence-electron chi connectivity index (χ3n) is 3.09. The quantitative estimate of drug-likeness (QED) is 0.730. The summed E-state index contributed by atoms with van der Waals surface area (Å²) < 4.78 is 21.9. The van der Waals surface area contributed by atoms with E-state index in [0.717, 1.165) is 22.3 Å². The van der Waals surface area contributed by atoms with Gasteiger partial charge in [-0.2, -0.15) is 0 Å². The normalized spacial score (nSPS) is 12.6. The monoisotopic (exact) mass is 355 g/mol. The first-order valence-corrected chi connectivity index (χ1v) is 7.99. The number of benzene rings is 2. The zero-order valence-electron chi connectivity index (χ0n) is 10.6. The number of nitrogens with one attached hydrogen (secondary N) is 1. The zero-order valence-corrected chi connectivity index (χ0v) is 13.1. The van der Waals surface area contributed by atoms with E-state index in [1.165, 1.54) is 12.1 Å². The molecule has 0 saturated heterocycles. The Bertz CT molecular complexity index is 759. The number of hydrogen-bond donors (Lipinski definition) is 1. The van der Waals surface area contributed by atoms with E-state index in [0.29, 0.717) is 5.02 Å². The average Bonchev–Trinajstić information content (AvgIpc) is 2.87. The predicted molar refractivity (Wildman–Crippen MR) is 79.9 cm³/mol. The Morgan fingerprint density at radius 2 is 2.10 bits per heavy atom. The number of halogens is 2. The van der Waals surface area contributed by atoms with E-state index < -0.39 is 0 Å². The molecule has 0 aliphatic carbocycles. The second kappa shape index (κ2) is 5.52. The molecule has 102 valence electrons. The standard InChI is InChI=1S/C14H11ClFN3Se/c1-8(10-6-5-9(16)7-11(10)15)17-12-3-2-4-13-14(12)19-20-18-13/h2-8,17H,1H3. The Kier molecular flexibility index (Phi) is 3.74. The Balaban J connectivity index is 1.92. The van der Waals surface area contributed by atoms with Crippen molar-refractivity contribution in [2.75, 3.05) is 5.32 Å². The molecule has 0 aliphatic rings. The number of hydrogen-bond acceptors (Lipinski definition) is 3. The first-order valence-electron chi connectivity index (χ1n) is 6.08. The van der Waals surface area contributed by atoms with Crippen molar-refractivity contribution in [3.8, 4) is 0 Å². The summed E-state index contributed by atoms with van der Waals surface area (Å²) in [5.41, 5.74) is 3.61. The van der Waals surface area contributed by atoms with Crippen LogP contribution in [-0.2, 0) is 0 Å². The molecular weight excluding hydrogens is 344 g/mol. The van der Waals surface area contributed by atoms with Crippen molar-refractivity contribution in [2.24, 2.45) is 0 Å². The SMILES string of the molecule is CC(Nc1cccc2n[se]nc12)c1ccc(F)cc1Cl. The summed E-state index contributed by atoms with van der Waals surface area (Å²) in [6, 6.07) is 10.3. The summed E-state index contributed by atoms with van der Waals surface area (Å²) in [5, 5.41) is 3.79. The van der Waals surface area contributed by atoms with E-state index in [2.05, 4.69) is 13.3 Å². The van der Waals surface area contributed by atoms with Crippen LogP contribution in [0, 0.1) is 5.82 Å². The van der Waals surface area contributed by atoms with Crippen molar-refractivity contribution in [1.29, 1.82) is 0 Å². The fourth-order valence-corrected chi connectivity index (χ4v) is 3.57. The topological polar surface area (TPSA) is 37.8 Å². The van der Waals surface area contributed by atoms with Crippen LogP contribution in [0.2, 0.25) is 5.02 Å². The van der Waals surface area contributed by atoms with Gasteiger partial charge in [-0.3, -0.25) is 0 Å². The number of fused-ring (bicyclic) bond motifs is 1. The summed E-state index contributed by atoms with van der Waals surface area (Å²) in [5.74, 6) is -0.331. The van der Waals surface area contributed by atoms with E-state index in [1.807, 2.05) is 25.1 Å².